The molecule has 6 nitrogen and oxygen atoms in total. The molecule has 2 aromatic carbocycles. The van der Waals surface area contributed by atoms with Gasteiger partial charge in [0.25, 0.3) is 0 Å². The number of rotatable bonds is 3. The van der Waals surface area contributed by atoms with E-state index in [1.807, 2.05) is 62.5 Å². The summed E-state index contributed by atoms with van der Waals surface area (Å²) in [6.45, 7) is 3.78. The van der Waals surface area contributed by atoms with Gasteiger partial charge in [-0.25, -0.2) is 9.97 Å². The normalized spacial score (nSPS) is 22.3. The number of halogens is 1. The molecule has 0 atom stereocenters. The lowest BCUT2D eigenvalue weighted by Gasteiger charge is -2.49. The minimum absolute atomic E-state index is 0.498. The minimum Gasteiger partial charge on any atom is -0.390 e. The van der Waals surface area contributed by atoms with Gasteiger partial charge in [0.1, 0.15) is 0 Å². The number of nitrogens with zero attached hydrogens (tertiary/aromatic N) is 4. The molecule has 34 heavy (non-hydrogen) atoms. The zero-order valence-electron chi connectivity index (χ0n) is 19.0. The Balaban J connectivity index is 1.53. The Hall–Kier alpha value is -3.32. The van der Waals surface area contributed by atoms with Crippen molar-refractivity contribution in [2.24, 2.45) is 5.73 Å². The van der Waals surface area contributed by atoms with E-state index >= 15 is 0 Å². The Bertz CT molecular complexity index is 1550. The highest BCUT2D eigenvalue weighted by Crippen LogP contribution is 2.46. The molecule has 6 rings (SSSR count). The maximum Gasteiger partial charge on any atom is 0.165 e. The van der Waals surface area contributed by atoms with Gasteiger partial charge >= 0.3 is 0 Å². The summed E-state index contributed by atoms with van der Waals surface area (Å²) in [5.74, 6) is 0. The monoisotopic (exact) mass is 469 g/mol. The van der Waals surface area contributed by atoms with Crippen LogP contribution in [0.5, 0.6) is 0 Å². The van der Waals surface area contributed by atoms with Crippen molar-refractivity contribution in [3.05, 3.63) is 83.1 Å². The SMILES string of the molecule is Cc1cc2ncc3cc(-c4ccc(Cl)cc4)c(-c4ccc([C@]5(N)C[C@](C)(O)C5)cc4)nc3n2n1. The number of hydrogen-bond acceptors (Lipinski definition) is 5. The third-order valence-corrected chi connectivity index (χ3v) is 6.91. The van der Waals surface area contributed by atoms with Gasteiger partial charge in [0.15, 0.2) is 11.3 Å². The van der Waals surface area contributed by atoms with Crippen LogP contribution in [0.3, 0.4) is 0 Å². The molecule has 0 radical (unpaired) electrons. The van der Waals surface area contributed by atoms with E-state index in [-0.39, 0.29) is 0 Å². The van der Waals surface area contributed by atoms with Gasteiger partial charge in [0, 0.05) is 39.3 Å². The Kier molecular flexibility index (Phi) is 4.58. The lowest BCUT2D eigenvalue weighted by Crippen LogP contribution is -2.58. The Morgan fingerprint density at radius 1 is 1.00 bits per heavy atom. The molecule has 0 saturated heterocycles. The van der Waals surface area contributed by atoms with Gasteiger partial charge in [0.2, 0.25) is 0 Å². The summed E-state index contributed by atoms with van der Waals surface area (Å²) in [6.07, 6.45) is 2.94. The van der Waals surface area contributed by atoms with Crippen molar-refractivity contribution < 1.29 is 5.11 Å². The molecule has 170 valence electrons. The summed E-state index contributed by atoms with van der Waals surface area (Å²) in [5.41, 5.74) is 12.6. The molecular formula is C27H24ClN5O. The van der Waals surface area contributed by atoms with Crippen LogP contribution in [0.1, 0.15) is 31.0 Å². The molecule has 0 aliphatic heterocycles. The average Bonchev–Trinajstić information content (AvgIpc) is 3.18. The van der Waals surface area contributed by atoms with Crippen molar-refractivity contribution in [2.45, 2.75) is 37.8 Å². The molecule has 1 aliphatic carbocycles. The van der Waals surface area contributed by atoms with Crippen LogP contribution < -0.4 is 5.73 Å². The lowest BCUT2D eigenvalue weighted by molar-refractivity contribution is -0.0738. The molecule has 5 aromatic rings. The molecule has 0 amide bonds. The molecule has 0 unspecified atom stereocenters. The molecule has 0 bridgehead atoms. The van der Waals surface area contributed by atoms with Crippen molar-refractivity contribution in [1.82, 2.24) is 19.6 Å². The van der Waals surface area contributed by atoms with Crippen molar-refractivity contribution in [3.63, 3.8) is 0 Å². The Morgan fingerprint density at radius 3 is 2.35 bits per heavy atom. The fourth-order valence-electron chi connectivity index (χ4n) is 5.19. The van der Waals surface area contributed by atoms with Crippen molar-refractivity contribution in [2.75, 3.05) is 0 Å². The summed E-state index contributed by atoms with van der Waals surface area (Å²) < 4.78 is 1.79. The van der Waals surface area contributed by atoms with Crippen LogP contribution in [-0.4, -0.2) is 30.3 Å². The van der Waals surface area contributed by atoms with E-state index in [2.05, 4.69) is 28.3 Å². The summed E-state index contributed by atoms with van der Waals surface area (Å²) in [6, 6.07) is 20.0. The second-order valence-electron chi connectivity index (χ2n) is 9.70. The Morgan fingerprint density at radius 2 is 1.68 bits per heavy atom. The van der Waals surface area contributed by atoms with E-state index in [0.717, 1.165) is 50.3 Å². The molecule has 3 heterocycles. The molecule has 1 saturated carbocycles. The summed E-state index contributed by atoms with van der Waals surface area (Å²) in [4.78, 5) is 9.64. The standard InChI is InChI=1S/C27H24ClN5O/c1-16-11-23-30-13-19-12-22(17-5-9-21(28)10-6-17)24(31-25(19)33(23)32-16)18-3-7-20(8-4-18)27(29)14-26(2,34)15-27/h3-13,34H,14-15,29H2,1-2H3/t26-,27-. The van der Waals surface area contributed by atoms with E-state index < -0.39 is 11.1 Å². The average molecular weight is 470 g/mol. The predicted octanol–water partition coefficient (Wildman–Crippen LogP) is 5.27. The van der Waals surface area contributed by atoms with Gasteiger partial charge in [-0.3, -0.25) is 0 Å². The summed E-state index contributed by atoms with van der Waals surface area (Å²) >= 11 is 6.15. The van der Waals surface area contributed by atoms with Crippen molar-refractivity contribution >= 4 is 28.3 Å². The first kappa shape index (κ1) is 21.2. The zero-order valence-corrected chi connectivity index (χ0v) is 19.7. The van der Waals surface area contributed by atoms with E-state index in [9.17, 15) is 5.11 Å². The lowest BCUT2D eigenvalue weighted by atomic mass is 9.63. The first-order valence-corrected chi connectivity index (χ1v) is 11.6. The predicted molar refractivity (Wildman–Crippen MR) is 135 cm³/mol. The number of pyridine rings is 1. The van der Waals surface area contributed by atoms with Gasteiger partial charge in [-0.15, -0.1) is 0 Å². The highest BCUT2D eigenvalue weighted by atomic mass is 35.5. The molecule has 3 N–H and O–H groups in total. The third kappa shape index (κ3) is 3.46. The van der Waals surface area contributed by atoms with Crippen LogP contribution in [-0.2, 0) is 5.54 Å². The molecule has 7 heteroatoms. The van der Waals surface area contributed by atoms with Crippen LogP contribution in [0.2, 0.25) is 5.02 Å². The van der Waals surface area contributed by atoms with Gasteiger partial charge < -0.3 is 10.8 Å². The van der Waals surface area contributed by atoms with E-state index in [4.69, 9.17) is 22.3 Å². The van der Waals surface area contributed by atoms with E-state index in [0.29, 0.717) is 17.9 Å². The van der Waals surface area contributed by atoms with E-state index in [1.165, 1.54) is 0 Å². The Labute approximate surface area is 202 Å². The second kappa shape index (κ2) is 7.34. The number of fused-ring (bicyclic) bond motifs is 3. The van der Waals surface area contributed by atoms with Crippen molar-refractivity contribution in [3.8, 4) is 22.4 Å². The van der Waals surface area contributed by atoms with Gasteiger partial charge in [-0.2, -0.15) is 9.61 Å². The van der Waals surface area contributed by atoms with Crippen molar-refractivity contribution in [1.29, 1.82) is 0 Å². The number of hydrogen-bond donors (Lipinski definition) is 2. The van der Waals surface area contributed by atoms with Gasteiger partial charge in [-0.05, 0) is 56.0 Å². The summed E-state index contributed by atoms with van der Waals surface area (Å²) in [7, 11) is 0. The maximum absolute atomic E-state index is 10.2. The third-order valence-electron chi connectivity index (χ3n) is 6.66. The van der Waals surface area contributed by atoms with Crippen LogP contribution in [0, 0.1) is 6.92 Å². The number of aliphatic hydroxyl groups is 1. The number of benzene rings is 2. The first-order valence-electron chi connectivity index (χ1n) is 11.3. The highest BCUT2D eigenvalue weighted by molar-refractivity contribution is 6.30. The molecule has 3 aromatic heterocycles. The number of nitrogens with two attached hydrogens (primary N) is 1. The minimum atomic E-state index is -0.698. The van der Waals surface area contributed by atoms with Crippen LogP contribution >= 0.6 is 11.6 Å². The highest BCUT2D eigenvalue weighted by Gasteiger charge is 2.49. The van der Waals surface area contributed by atoms with Crippen LogP contribution in [0.25, 0.3) is 39.1 Å². The van der Waals surface area contributed by atoms with Gasteiger partial charge in [-0.1, -0.05) is 48.0 Å². The van der Waals surface area contributed by atoms with Crippen LogP contribution in [0.15, 0.2) is 66.9 Å². The van der Waals surface area contributed by atoms with Crippen LogP contribution in [0.4, 0.5) is 0 Å². The molecule has 1 aliphatic rings. The molecule has 0 spiro atoms. The van der Waals surface area contributed by atoms with Gasteiger partial charge in [0.05, 0.1) is 17.0 Å². The van der Waals surface area contributed by atoms with E-state index in [1.54, 1.807) is 4.52 Å². The number of aryl methyl sites for hydroxylation is 1. The second-order valence-corrected chi connectivity index (χ2v) is 10.1. The largest absolute Gasteiger partial charge is 0.390 e. The number of aromatic nitrogens is 4. The quantitative estimate of drug-likeness (QED) is 0.375. The molecule has 1 fully saturated rings. The molecular weight excluding hydrogens is 446 g/mol. The topological polar surface area (TPSA) is 89.3 Å². The summed E-state index contributed by atoms with van der Waals surface area (Å²) in [5, 5.41) is 16.4. The fraction of sp³-hybridized carbons (Fsp3) is 0.222. The smallest absolute Gasteiger partial charge is 0.165 e. The maximum atomic E-state index is 10.2. The zero-order chi connectivity index (χ0) is 23.7. The first-order chi connectivity index (χ1) is 16.2. The fourth-order valence-corrected chi connectivity index (χ4v) is 5.32.